The van der Waals surface area contributed by atoms with Crippen molar-refractivity contribution in [1.29, 1.82) is 0 Å². The van der Waals surface area contributed by atoms with E-state index >= 15 is 0 Å². The van der Waals surface area contributed by atoms with Gasteiger partial charge in [0.1, 0.15) is 0 Å². The summed E-state index contributed by atoms with van der Waals surface area (Å²) in [5.74, 6) is -0.744. The lowest BCUT2D eigenvalue weighted by molar-refractivity contribution is -0.139. The van der Waals surface area contributed by atoms with E-state index in [0.29, 0.717) is 12.5 Å². The van der Waals surface area contributed by atoms with Crippen molar-refractivity contribution in [1.82, 2.24) is 9.80 Å². The maximum atomic E-state index is 12.5. The molecule has 0 aromatic rings. The van der Waals surface area contributed by atoms with Crippen molar-refractivity contribution in [3.63, 3.8) is 0 Å². The fourth-order valence-electron chi connectivity index (χ4n) is 3.10. The molecule has 5 nitrogen and oxygen atoms in total. The SMILES string of the molecule is CN1CCC(C)(C)N(C2CC2)C(CCC(=O)O)C1=O. The molecule has 0 spiro atoms. The highest BCUT2D eigenvalue weighted by Crippen LogP contribution is 2.39. The van der Waals surface area contributed by atoms with Crippen molar-refractivity contribution in [3.8, 4) is 0 Å². The maximum absolute atomic E-state index is 12.5. The van der Waals surface area contributed by atoms with Gasteiger partial charge in [-0.2, -0.15) is 0 Å². The standard InChI is InChI=1S/C14H24N2O3/c1-14(2)8-9-15(3)13(19)11(6-7-12(17)18)16(14)10-4-5-10/h10-11H,4-9H2,1-3H3,(H,17,18). The van der Waals surface area contributed by atoms with E-state index in [1.165, 1.54) is 0 Å². The van der Waals surface area contributed by atoms with Crippen molar-refractivity contribution >= 4 is 11.9 Å². The summed E-state index contributed by atoms with van der Waals surface area (Å²) >= 11 is 0. The van der Waals surface area contributed by atoms with Gasteiger partial charge in [-0.15, -0.1) is 0 Å². The molecule has 1 unspecified atom stereocenters. The van der Waals surface area contributed by atoms with Crippen LogP contribution in [0.2, 0.25) is 0 Å². The molecule has 0 radical (unpaired) electrons. The Morgan fingerprint density at radius 3 is 2.58 bits per heavy atom. The van der Waals surface area contributed by atoms with E-state index in [4.69, 9.17) is 5.11 Å². The number of nitrogens with zero attached hydrogens (tertiary/aromatic N) is 2. The Kier molecular flexibility index (Phi) is 3.85. The number of hydrogen-bond acceptors (Lipinski definition) is 3. The molecule has 1 saturated heterocycles. The topological polar surface area (TPSA) is 60.9 Å². The van der Waals surface area contributed by atoms with Gasteiger partial charge in [0.15, 0.2) is 0 Å². The molecule has 108 valence electrons. The Hall–Kier alpha value is -1.10. The van der Waals surface area contributed by atoms with E-state index < -0.39 is 5.97 Å². The Morgan fingerprint density at radius 2 is 2.05 bits per heavy atom. The summed E-state index contributed by atoms with van der Waals surface area (Å²) in [5.41, 5.74) is -0.0369. The third-order valence-corrected chi connectivity index (χ3v) is 4.33. The molecule has 1 saturated carbocycles. The second kappa shape index (κ2) is 5.12. The molecule has 1 aliphatic heterocycles. The van der Waals surface area contributed by atoms with Crippen molar-refractivity contribution < 1.29 is 14.7 Å². The molecule has 0 aromatic carbocycles. The third-order valence-electron chi connectivity index (χ3n) is 4.33. The van der Waals surface area contributed by atoms with Gasteiger partial charge in [-0.3, -0.25) is 14.5 Å². The van der Waals surface area contributed by atoms with Crippen LogP contribution in [0.3, 0.4) is 0 Å². The molecule has 0 aromatic heterocycles. The van der Waals surface area contributed by atoms with Gasteiger partial charge in [-0.05, 0) is 39.5 Å². The quantitative estimate of drug-likeness (QED) is 0.835. The lowest BCUT2D eigenvalue weighted by atomic mass is 9.95. The minimum atomic E-state index is -0.826. The van der Waals surface area contributed by atoms with Crippen LogP contribution in [0.25, 0.3) is 0 Å². The monoisotopic (exact) mass is 268 g/mol. The zero-order chi connectivity index (χ0) is 14.2. The van der Waals surface area contributed by atoms with Gasteiger partial charge in [-0.1, -0.05) is 0 Å². The van der Waals surface area contributed by atoms with Gasteiger partial charge < -0.3 is 10.0 Å². The highest BCUT2D eigenvalue weighted by atomic mass is 16.4. The van der Waals surface area contributed by atoms with Gasteiger partial charge in [0.2, 0.25) is 5.91 Å². The van der Waals surface area contributed by atoms with E-state index in [-0.39, 0.29) is 23.9 Å². The highest BCUT2D eigenvalue weighted by molar-refractivity contribution is 5.83. The minimum Gasteiger partial charge on any atom is -0.481 e. The van der Waals surface area contributed by atoms with Crippen LogP contribution in [-0.4, -0.2) is 58.0 Å². The number of rotatable bonds is 4. The number of hydrogen-bond donors (Lipinski definition) is 1. The van der Waals surface area contributed by atoms with Crippen LogP contribution in [0.15, 0.2) is 0 Å². The number of aliphatic carboxylic acids is 1. The fourth-order valence-corrected chi connectivity index (χ4v) is 3.10. The molecule has 2 rings (SSSR count). The van der Waals surface area contributed by atoms with Gasteiger partial charge in [0.05, 0.1) is 6.04 Å². The summed E-state index contributed by atoms with van der Waals surface area (Å²) in [6.45, 7) is 5.09. The van der Waals surface area contributed by atoms with Crippen LogP contribution in [0.5, 0.6) is 0 Å². The molecule has 1 atom stereocenters. The van der Waals surface area contributed by atoms with Crippen molar-refractivity contribution in [2.75, 3.05) is 13.6 Å². The van der Waals surface area contributed by atoms with Gasteiger partial charge in [0, 0.05) is 31.6 Å². The van der Waals surface area contributed by atoms with Crippen LogP contribution >= 0.6 is 0 Å². The van der Waals surface area contributed by atoms with E-state index in [9.17, 15) is 9.59 Å². The predicted molar refractivity (Wildman–Crippen MR) is 71.9 cm³/mol. The van der Waals surface area contributed by atoms with Crippen LogP contribution in [0, 0.1) is 0 Å². The summed E-state index contributed by atoms with van der Waals surface area (Å²) < 4.78 is 0. The molecule has 2 fully saturated rings. The molecule has 19 heavy (non-hydrogen) atoms. The van der Waals surface area contributed by atoms with Crippen molar-refractivity contribution in [3.05, 3.63) is 0 Å². The molecular weight excluding hydrogens is 244 g/mol. The fraction of sp³-hybridized carbons (Fsp3) is 0.857. The Morgan fingerprint density at radius 1 is 1.42 bits per heavy atom. The van der Waals surface area contributed by atoms with Crippen molar-refractivity contribution in [2.45, 2.75) is 63.6 Å². The molecule has 1 N–H and O–H groups in total. The summed E-state index contributed by atoms with van der Waals surface area (Å²) in [5, 5.41) is 8.89. The van der Waals surface area contributed by atoms with E-state index in [2.05, 4.69) is 18.7 Å². The minimum absolute atomic E-state index is 0.0369. The van der Waals surface area contributed by atoms with E-state index in [1.807, 2.05) is 7.05 Å². The average molecular weight is 268 g/mol. The first-order valence-corrected chi connectivity index (χ1v) is 7.08. The molecule has 1 heterocycles. The van der Waals surface area contributed by atoms with Crippen LogP contribution in [-0.2, 0) is 9.59 Å². The van der Waals surface area contributed by atoms with Gasteiger partial charge in [0.25, 0.3) is 0 Å². The first-order valence-electron chi connectivity index (χ1n) is 7.08. The number of carbonyl (C=O) groups excluding carboxylic acids is 1. The summed E-state index contributed by atoms with van der Waals surface area (Å²) in [4.78, 5) is 27.4. The summed E-state index contributed by atoms with van der Waals surface area (Å²) in [7, 11) is 1.82. The zero-order valence-electron chi connectivity index (χ0n) is 12.1. The van der Waals surface area contributed by atoms with Gasteiger partial charge in [-0.25, -0.2) is 0 Å². The number of carbonyl (C=O) groups is 2. The average Bonchev–Trinajstić information content (AvgIpc) is 3.13. The van der Waals surface area contributed by atoms with E-state index in [0.717, 1.165) is 25.8 Å². The summed E-state index contributed by atoms with van der Waals surface area (Å²) in [6, 6.07) is 0.190. The molecule has 1 amide bonds. The highest BCUT2D eigenvalue weighted by Gasteiger charge is 2.47. The summed E-state index contributed by atoms with van der Waals surface area (Å²) in [6.07, 6.45) is 3.67. The second-order valence-electron chi connectivity index (χ2n) is 6.41. The molecule has 5 heteroatoms. The van der Waals surface area contributed by atoms with Crippen molar-refractivity contribution in [2.24, 2.45) is 0 Å². The van der Waals surface area contributed by atoms with Gasteiger partial charge >= 0.3 is 5.97 Å². The van der Waals surface area contributed by atoms with E-state index in [1.54, 1.807) is 4.90 Å². The van der Waals surface area contributed by atoms with Crippen LogP contribution in [0.4, 0.5) is 0 Å². The largest absolute Gasteiger partial charge is 0.481 e. The van der Waals surface area contributed by atoms with Crippen LogP contribution in [0.1, 0.15) is 46.0 Å². The Labute approximate surface area is 114 Å². The third kappa shape index (κ3) is 3.08. The predicted octanol–water partition coefficient (Wildman–Crippen LogP) is 1.32. The molecule has 0 bridgehead atoms. The molecule has 2 aliphatic rings. The number of likely N-dealkylation sites (N-methyl/N-ethyl adjacent to an activating group) is 1. The lowest BCUT2D eigenvalue weighted by Gasteiger charge is -2.41. The normalized spacial score (nSPS) is 28.3. The maximum Gasteiger partial charge on any atom is 0.303 e. The first kappa shape index (κ1) is 14.3. The Balaban J connectivity index is 2.23. The number of carboxylic acids is 1. The number of amides is 1. The molecular formula is C14H24N2O3. The zero-order valence-corrected chi connectivity index (χ0v) is 12.1. The van der Waals surface area contributed by atoms with Crippen LogP contribution < -0.4 is 0 Å². The molecule has 1 aliphatic carbocycles. The lowest BCUT2D eigenvalue weighted by Crippen LogP contribution is -2.53. The Bertz CT molecular complexity index is 377. The number of carboxylic acid groups (broad SMARTS) is 1. The smallest absolute Gasteiger partial charge is 0.303 e. The first-order chi connectivity index (χ1) is 8.83. The second-order valence-corrected chi connectivity index (χ2v) is 6.41.